The van der Waals surface area contributed by atoms with E-state index < -0.39 is 5.97 Å². The van der Waals surface area contributed by atoms with Crippen molar-refractivity contribution in [2.75, 3.05) is 7.11 Å². The molecule has 1 heterocycles. The third-order valence-electron chi connectivity index (χ3n) is 4.00. The number of carboxylic acids is 1. The minimum Gasteiger partial charge on any atom is -0.493 e. The van der Waals surface area contributed by atoms with E-state index in [1.54, 1.807) is 42.5 Å². The smallest absolute Gasteiger partial charge is 0.371 e. The summed E-state index contributed by atoms with van der Waals surface area (Å²) >= 11 is 6.01. The van der Waals surface area contributed by atoms with Gasteiger partial charge < -0.3 is 19.0 Å². The first-order valence-corrected chi connectivity index (χ1v) is 8.88. The van der Waals surface area contributed by atoms with Crippen LogP contribution in [-0.4, -0.2) is 18.2 Å². The lowest BCUT2D eigenvalue weighted by Gasteiger charge is -2.10. The summed E-state index contributed by atoms with van der Waals surface area (Å²) in [5.74, 6) is 0.00607. The molecule has 0 spiro atoms. The van der Waals surface area contributed by atoms with Crippen molar-refractivity contribution in [3.05, 3.63) is 82.3 Å². The van der Waals surface area contributed by atoms with Crippen molar-refractivity contribution in [2.24, 2.45) is 0 Å². The fourth-order valence-corrected chi connectivity index (χ4v) is 2.81. The molecule has 0 amide bonds. The molecule has 146 valence electrons. The van der Waals surface area contributed by atoms with E-state index in [0.717, 1.165) is 5.56 Å². The van der Waals surface area contributed by atoms with Gasteiger partial charge in [0.25, 0.3) is 0 Å². The molecule has 1 N–H and O–H groups in total. The van der Waals surface area contributed by atoms with Gasteiger partial charge in [-0.1, -0.05) is 29.8 Å². The number of methoxy groups -OCH3 is 1. The van der Waals surface area contributed by atoms with Crippen molar-refractivity contribution < 1.29 is 23.8 Å². The molecule has 0 unspecified atom stereocenters. The number of carboxylic acid groups (broad SMARTS) is 1. The molecule has 0 aliphatic rings. The minimum absolute atomic E-state index is 0.0464. The molecule has 0 aliphatic heterocycles. The molecule has 0 bridgehead atoms. The predicted octanol–water partition coefficient (Wildman–Crippen LogP) is 5.28. The topological polar surface area (TPSA) is 92.7 Å². The van der Waals surface area contributed by atoms with E-state index in [0.29, 0.717) is 33.4 Å². The second-order valence-corrected chi connectivity index (χ2v) is 6.39. The van der Waals surface area contributed by atoms with Crippen LogP contribution in [0.25, 0.3) is 11.6 Å². The highest BCUT2D eigenvalue weighted by Gasteiger charge is 2.11. The fraction of sp³-hybridized carbons (Fsp3) is 0.0909. The van der Waals surface area contributed by atoms with Crippen LogP contribution in [0.5, 0.6) is 11.5 Å². The van der Waals surface area contributed by atoms with Crippen molar-refractivity contribution in [1.29, 1.82) is 5.26 Å². The molecule has 6 nitrogen and oxygen atoms in total. The number of rotatable bonds is 7. The number of allylic oxidation sites excluding steroid dienone is 1. The molecule has 2 aromatic carbocycles. The van der Waals surface area contributed by atoms with Crippen molar-refractivity contribution in [1.82, 2.24) is 0 Å². The number of aromatic carboxylic acids is 1. The van der Waals surface area contributed by atoms with E-state index in [9.17, 15) is 10.1 Å². The van der Waals surface area contributed by atoms with Crippen molar-refractivity contribution in [3.63, 3.8) is 0 Å². The zero-order valence-corrected chi connectivity index (χ0v) is 16.1. The Labute approximate surface area is 172 Å². The average Bonchev–Trinajstić information content (AvgIpc) is 3.20. The highest BCUT2D eigenvalue weighted by molar-refractivity contribution is 6.30. The van der Waals surface area contributed by atoms with Crippen molar-refractivity contribution >= 4 is 29.2 Å². The highest BCUT2D eigenvalue weighted by atomic mass is 35.5. The highest BCUT2D eigenvalue weighted by Crippen LogP contribution is 2.31. The SMILES string of the molecule is COc1cc(/C=C(\C#N)c2cccc(Cl)c2)ccc1OCc1ccc(C(=O)O)o1. The summed E-state index contributed by atoms with van der Waals surface area (Å²) in [4.78, 5) is 10.9. The number of hydrogen-bond acceptors (Lipinski definition) is 5. The van der Waals surface area contributed by atoms with Crippen LogP contribution in [0.2, 0.25) is 5.02 Å². The summed E-state index contributed by atoms with van der Waals surface area (Å²) < 4.78 is 16.2. The summed E-state index contributed by atoms with van der Waals surface area (Å²) in [6, 6.07) is 17.4. The van der Waals surface area contributed by atoms with Gasteiger partial charge in [-0.3, -0.25) is 0 Å². The maximum atomic E-state index is 10.9. The van der Waals surface area contributed by atoms with Crippen molar-refractivity contribution in [3.8, 4) is 17.6 Å². The van der Waals surface area contributed by atoms with E-state index in [1.807, 2.05) is 6.07 Å². The Morgan fingerprint density at radius 1 is 1.21 bits per heavy atom. The molecule has 0 fully saturated rings. The lowest BCUT2D eigenvalue weighted by Crippen LogP contribution is -1.97. The van der Waals surface area contributed by atoms with E-state index in [1.165, 1.54) is 19.2 Å². The van der Waals surface area contributed by atoms with Crippen LogP contribution >= 0.6 is 11.6 Å². The van der Waals surface area contributed by atoms with E-state index in [4.69, 9.17) is 30.6 Å². The molecule has 0 saturated carbocycles. The molecular weight excluding hydrogens is 394 g/mol. The lowest BCUT2D eigenvalue weighted by molar-refractivity contribution is 0.0658. The standard InChI is InChI=1S/C22H16ClNO5/c1-27-21-10-14(9-16(12-24)15-3-2-4-17(23)11-15)5-7-19(21)28-13-18-6-8-20(29-18)22(25)26/h2-11H,13H2,1H3,(H,25,26)/b16-9+. The summed E-state index contributed by atoms with van der Waals surface area (Å²) in [6.07, 6.45) is 1.73. The summed E-state index contributed by atoms with van der Waals surface area (Å²) in [5.41, 5.74) is 1.92. The van der Waals surface area contributed by atoms with E-state index in [2.05, 4.69) is 6.07 Å². The maximum absolute atomic E-state index is 10.9. The van der Waals surface area contributed by atoms with Crippen LogP contribution < -0.4 is 9.47 Å². The summed E-state index contributed by atoms with van der Waals surface area (Å²) in [7, 11) is 1.51. The third-order valence-corrected chi connectivity index (χ3v) is 4.23. The van der Waals surface area contributed by atoms with E-state index in [-0.39, 0.29) is 12.4 Å². The van der Waals surface area contributed by atoms with Gasteiger partial charge in [0.05, 0.1) is 18.8 Å². The van der Waals surface area contributed by atoms with Crippen LogP contribution in [0.4, 0.5) is 0 Å². The monoisotopic (exact) mass is 409 g/mol. The second-order valence-electron chi connectivity index (χ2n) is 5.95. The Morgan fingerprint density at radius 3 is 2.69 bits per heavy atom. The molecule has 1 aromatic heterocycles. The molecule has 7 heteroatoms. The van der Waals surface area contributed by atoms with Gasteiger partial charge in [0, 0.05) is 5.02 Å². The summed E-state index contributed by atoms with van der Waals surface area (Å²) in [6.45, 7) is 0.0464. The van der Waals surface area contributed by atoms with Gasteiger partial charge in [0.15, 0.2) is 11.5 Å². The van der Waals surface area contributed by atoms with Crippen LogP contribution in [0.3, 0.4) is 0 Å². The number of carbonyl (C=O) groups is 1. The second kappa shape index (κ2) is 9.00. The first-order valence-electron chi connectivity index (χ1n) is 8.50. The Kier molecular flexibility index (Phi) is 6.22. The molecule has 3 rings (SSSR count). The van der Waals surface area contributed by atoms with Gasteiger partial charge >= 0.3 is 5.97 Å². The first kappa shape index (κ1) is 20.1. The Morgan fingerprint density at radius 2 is 2.03 bits per heavy atom. The number of furan rings is 1. The van der Waals surface area contributed by atoms with Gasteiger partial charge in [-0.05, 0) is 53.6 Å². The van der Waals surface area contributed by atoms with Crippen LogP contribution in [0.1, 0.15) is 27.4 Å². The van der Waals surface area contributed by atoms with E-state index >= 15 is 0 Å². The molecule has 3 aromatic rings. The molecule has 29 heavy (non-hydrogen) atoms. The number of ether oxygens (including phenoxy) is 2. The Bertz CT molecular complexity index is 1110. The molecule has 0 atom stereocenters. The maximum Gasteiger partial charge on any atom is 0.371 e. The fourth-order valence-electron chi connectivity index (χ4n) is 2.62. The van der Waals surface area contributed by atoms with Crippen molar-refractivity contribution in [2.45, 2.75) is 6.61 Å². The quantitative estimate of drug-likeness (QED) is 0.421. The number of halogens is 1. The zero-order chi connectivity index (χ0) is 20.8. The van der Waals surface area contributed by atoms with Crippen LogP contribution in [-0.2, 0) is 6.61 Å². The van der Waals surface area contributed by atoms with Gasteiger partial charge in [-0.2, -0.15) is 5.26 Å². The van der Waals surface area contributed by atoms with Gasteiger partial charge in [0.1, 0.15) is 12.4 Å². The van der Waals surface area contributed by atoms with Gasteiger partial charge in [0.2, 0.25) is 5.76 Å². The normalized spacial score (nSPS) is 11.0. The Hall–Kier alpha value is -3.69. The number of nitriles is 1. The molecule has 0 aliphatic carbocycles. The zero-order valence-electron chi connectivity index (χ0n) is 15.4. The first-order chi connectivity index (χ1) is 14.0. The van der Waals surface area contributed by atoms with Crippen LogP contribution in [0.15, 0.2) is 59.0 Å². The van der Waals surface area contributed by atoms with Gasteiger partial charge in [-0.25, -0.2) is 4.79 Å². The number of hydrogen-bond donors (Lipinski definition) is 1. The largest absolute Gasteiger partial charge is 0.493 e. The third kappa shape index (κ3) is 4.98. The molecular formula is C22H16ClNO5. The summed E-state index contributed by atoms with van der Waals surface area (Å²) in [5, 5.41) is 18.9. The van der Waals surface area contributed by atoms with Crippen LogP contribution in [0, 0.1) is 11.3 Å². The van der Waals surface area contributed by atoms with Gasteiger partial charge in [-0.15, -0.1) is 0 Å². The minimum atomic E-state index is -1.14. The molecule has 0 saturated heterocycles. The number of nitrogens with zero attached hydrogens (tertiary/aromatic N) is 1. The molecule has 0 radical (unpaired) electrons. The number of benzene rings is 2. The average molecular weight is 410 g/mol. The lowest BCUT2D eigenvalue weighted by atomic mass is 10.0. The predicted molar refractivity (Wildman–Crippen MR) is 108 cm³/mol. The Balaban J connectivity index is 1.80.